The Hall–Kier alpha value is -2.20. The number of carbonyl (C=O) groups excluding carboxylic acids is 1. The molecule has 1 saturated heterocycles. The minimum atomic E-state index is -3.34. The van der Waals surface area contributed by atoms with Crippen LogP contribution < -0.4 is 10.6 Å². The SMILES string of the molecule is CCC1(C(N)=O)CCN(S(=O)(=O)CC2CCC(N(C)c3ncnc4[nH]ccc34)CC2)CC1. The van der Waals surface area contributed by atoms with Gasteiger partial charge in [0.05, 0.1) is 16.6 Å². The Bertz CT molecular complexity index is 1050. The molecule has 2 fully saturated rings. The predicted molar refractivity (Wildman–Crippen MR) is 125 cm³/mol. The van der Waals surface area contributed by atoms with Gasteiger partial charge in [0.1, 0.15) is 17.8 Å². The van der Waals surface area contributed by atoms with Gasteiger partial charge in [0.2, 0.25) is 15.9 Å². The maximum Gasteiger partial charge on any atom is 0.223 e. The lowest BCUT2D eigenvalue weighted by molar-refractivity contribution is -0.130. The molecule has 176 valence electrons. The normalized spacial score (nSPS) is 24.4. The minimum absolute atomic E-state index is 0.163. The molecule has 3 heterocycles. The number of sulfonamides is 1. The van der Waals surface area contributed by atoms with Crippen molar-refractivity contribution in [2.45, 2.75) is 57.9 Å². The molecule has 0 spiro atoms. The molecule has 1 aliphatic heterocycles. The first kappa shape index (κ1) is 23.0. The van der Waals surface area contributed by atoms with E-state index in [-0.39, 0.29) is 17.6 Å². The van der Waals surface area contributed by atoms with Crippen LogP contribution in [0, 0.1) is 11.3 Å². The lowest BCUT2D eigenvalue weighted by Gasteiger charge is -2.39. The van der Waals surface area contributed by atoms with Gasteiger partial charge >= 0.3 is 0 Å². The van der Waals surface area contributed by atoms with Crippen LogP contribution in [0.2, 0.25) is 0 Å². The Morgan fingerprint density at radius 1 is 1.25 bits per heavy atom. The summed E-state index contributed by atoms with van der Waals surface area (Å²) in [6.07, 6.45) is 8.77. The summed E-state index contributed by atoms with van der Waals surface area (Å²) in [5, 5.41) is 1.00. The molecule has 32 heavy (non-hydrogen) atoms. The maximum atomic E-state index is 13.1. The Labute approximate surface area is 189 Å². The molecule has 0 bridgehead atoms. The number of nitrogens with one attached hydrogen (secondary N) is 1. The molecule has 1 aliphatic carbocycles. The van der Waals surface area contributed by atoms with E-state index in [1.165, 1.54) is 0 Å². The third kappa shape index (κ3) is 4.34. The van der Waals surface area contributed by atoms with E-state index in [1.54, 1.807) is 10.6 Å². The predicted octanol–water partition coefficient (Wildman–Crippen LogP) is 2.26. The zero-order valence-electron chi connectivity index (χ0n) is 19.0. The molecular weight excluding hydrogens is 428 g/mol. The van der Waals surface area contributed by atoms with Crippen LogP contribution in [0.5, 0.6) is 0 Å². The molecule has 0 unspecified atom stereocenters. The molecule has 10 heteroatoms. The smallest absolute Gasteiger partial charge is 0.223 e. The number of rotatable bonds is 7. The van der Waals surface area contributed by atoms with Crippen molar-refractivity contribution in [3.8, 4) is 0 Å². The van der Waals surface area contributed by atoms with E-state index in [0.717, 1.165) is 42.5 Å². The highest BCUT2D eigenvalue weighted by atomic mass is 32.2. The summed E-state index contributed by atoms with van der Waals surface area (Å²) in [5.41, 5.74) is 5.87. The van der Waals surface area contributed by atoms with Crippen LogP contribution in [0.15, 0.2) is 18.6 Å². The zero-order valence-corrected chi connectivity index (χ0v) is 19.8. The van der Waals surface area contributed by atoms with Crippen molar-refractivity contribution in [3.63, 3.8) is 0 Å². The average molecular weight is 463 g/mol. The standard InChI is InChI=1S/C22H34N6O3S/c1-3-22(21(23)29)9-12-28(13-10-22)32(30,31)14-16-4-6-17(7-5-16)27(2)20-18-8-11-24-19(18)25-15-26-20/h8,11,15-17H,3-7,9-10,12-14H2,1-2H3,(H2,23,29)(H,24,25,26). The molecule has 1 saturated carbocycles. The summed E-state index contributed by atoms with van der Waals surface area (Å²) in [6, 6.07) is 2.32. The summed E-state index contributed by atoms with van der Waals surface area (Å²) in [4.78, 5) is 25.9. The second-order valence-corrected chi connectivity index (χ2v) is 11.4. The van der Waals surface area contributed by atoms with Gasteiger partial charge in [-0.05, 0) is 56.9 Å². The summed E-state index contributed by atoms with van der Waals surface area (Å²) in [5.74, 6) is 0.959. The van der Waals surface area contributed by atoms with E-state index in [1.807, 2.05) is 19.2 Å². The van der Waals surface area contributed by atoms with E-state index in [4.69, 9.17) is 5.73 Å². The number of hydrogen-bond acceptors (Lipinski definition) is 6. The van der Waals surface area contributed by atoms with Crippen molar-refractivity contribution in [1.29, 1.82) is 0 Å². The van der Waals surface area contributed by atoms with Gasteiger partial charge in [0.25, 0.3) is 0 Å². The van der Waals surface area contributed by atoms with Gasteiger partial charge < -0.3 is 15.6 Å². The van der Waals surface area contributed by atoms with Gasteiger partial charge in [-0.1, -0.05) is 6.92 Å². The third-order valence-electron chi connectivity index (χ3n) is 7.75. The highest BCUT2D eigenvalue weighted by molar-refractivity contribution is 7.89. The number of piperidine rings is 1. The fraction of sp³-hybridized carbons (Fsp3) is 0.682. The van der Waals surface area contributed by atoms with Crippen LogP contribution in [0.4, 0.5) is 5.82 Å². The molecule has 0 radical (unpaired) electrons. The maximum absolute atomic E-state index is 13.1. The van der Waals surface area contributed by atoms with Crippen LogP contribution >= 0.6 is 0 Å². The number of nitrogens with zero attached hydrogens (tertiary/aromatic N) is 4. The Balaban J connectivity index is 1.33. The molecule has 0 aromatic carbocycles. The first-order valence-electron chi connectivity index (χ1n) is 11.5. The zero-order chi connectivity index (χ0) is 22.9. The van der Waals surface area contributed by atoms with E-state index in [0.29, 0.717) is 38.4 Å². The van der Waals surface area contributed by atoms with Crippen molar-refractivity contribution < 1.29 is 13.2 Å². The lowest BCUT2D eigenvalue weighted by Crippen LogP contribution is -2.49. The van der Waals surface area contributed by atoms with E-state index >= 15 is 0 Å². The molecule has 4 rings (SSSR count). The highest BCUT2D eigenvalue weighted by Crippen LogP contribution is 2.37. The number of nitrogens with two attached hydrogens (primary N) is 1. The fourth-order valence-electron chi connectivity index (χ4n) is 5.38. The molecule has 2 aromatic rings. The van der Waals surface area contributed by atoms with Crippen LogP contribution in [0.3, 0.4) is 0 Å². The second kappa shape index (κ2) is 8.97. The number of fused-ring (bicyclic) bond motifs is 1. The molecule has 1 amide bonds. The number of aromatic amines is 1. The summed E-state index contributed by atoms with van der Waals surface area (Å²) in [7, 11) is -1.28. The molecule has 0 atom stereocenters. The van der Waals surface area contributed by atoms with Crippen molar-refractivity contribution in [2.24, 2.45) is 17.1 Å². The first-order valence-corrected chi connectivity index (χ1v) is 13.2. The minimum Gasteiger partial charge on any atom is -0.369 e. The van der Waals surface area contributed by atoms with E-state index in [9.17, 15) is 13.2 Å². The van der Waals surface area contributed by atoms with Gasteiger partial charge in [-0.2, -0.15) is 0 Å². The highest BCUT2D eigenvalue weighted by Gasteiger charge is 2.41. The number of anilines is 1. The van der Waals surface area contributed by atoms with Gasteiger partial charge in [0, 0.05) is 32.4 Å². The van der Waals surface area contributed by atoms with Crippen LogP contribution in [0.25, 0.3) is 11.0 Å². The summed E-state index contributed by atoms with van der Waals surface area (Å²) in [6.45, 7) is 2.72. The van der Waals surface area contributed by atoms with Crippen molar-refractivity contribution in [1.82, 2.24) is 19.3 Å². The average Bonchev–Trinajstić information content (AvgIpc) is 3.28. The number of H-pyrrole nitrogens is 1. The molecular formula is C22H34N6O3S. The van der Waals surface area contributed by atoms with Crippen molar-refractivity contribution >= 4 is 32.8 Å². The van der Waals surface area contributed by atoms with Crippen LogP contribution in [0.1, 0.15) is 51.9 Å². The van der Waals surface area contributed by atoms with Gasteiger partial charge in [-0.25, -0.2) is 22.7 Å². The fourth-order valence-corrected chi connectivity index (χ4v) is 7.26. The quantitative estimate of drug-likeness (QED) is 0.650. The second-order valence-electron chi connectivity index (χ2n) is 9.40. The van der Waals surface area contributed by atoms with Crippen molar-refractivity contribution in [2.75, 3.05) is 30.8 Å². The number of aromatic nitrogens is 3. The Kier molecular flexibility index (Phi) is 6.44. The van der Waals surface area contributed by atoms with Gasteiger partial charge in [-0.15, -0.1) is 0 Å². The van der Waals surface area contributed by atoms with Gasteiger partial charge in [0.15, 0.2) is 0 Å². The number of carbonyl (C=O) groups is 1. The summed E-state index contributed by atoms with van der Waals surface area (Å²) >= 11 is 0. The van der Waals surface area contributed by atoms with Crippen LogP contribution in [-0.4, -0.2) is 65.5 Å². The van der Waals surface area contributed by atoms with Gasteiger partial charge in [-0.3, -0.25) is 4.79 Å². The Morgan fingerprint density at radius 2 is 1.94 bits per heavy atom. The Morgan fingerprint density at radius 3 is 2.56 bits per heavy atom. The monoisotopic (exact) mass is 462 g/mol. The largest absolute Gasteiger partial charge is 0.369 e. The third-order valence-corrected chi connectivity index (χ3v) is 9.79. The van der Waals surface area contributed by atoms with Crippen molar-refractivity contribution in [3.05, 3.63) is 18.6 Å². The number of amides is 1. The lowest BCUT2D eigenvalue weighted by atomic mass is 9.76. The van der Waals surface area contributed by atoms with Crippen LogP contribution in [-0.2, 0) is 14.8 Å². The topological polar surface area (TPSA) is 125 Å². The molecule has 2 aromatic heterocycles. The number of primary amides is 1. The van der Waals surface area contributed by atoms with E-state index in [2.05, 4.69) is 26.9 Å². The molecule has 9 nitrogen and oxygen atoms in total. The first-order chi connectivity index (χ1) is 15.3. The number of hydrogen-bond donors (Lipinski definition) is 2. The summed E-state index contributed by atoms with van der Waals surface area (Å²) < 4.78 is 27.7. The van der Waals surface area contributed by atoms with E-state index < -0.39 is 15.4 Å². The molecule has 2 aliphatic rings. The molecule has 3 N–H and O–H groups in total.